The van der Waals surface area contributed by atoms with Gasteiger partial charge in [0.05, 0.1) is 29.5 Å². The molecule has 0 amide bonds. The molecule has 1 atom stereocenters. The van der Waals surface area contributed by atoms with Gasteiger partial charge < -0.3 is 10.1 Å². The van der Waals surface area contributed by atoms with Gasteiger partial charge in [0.2, 0.25) is 0 Å². The predicted octanol–water partition coefficient (Wildman–Crippen LogP) is 0.418. The molecule has 0 radical (unpaired) electrons. The van der Waals surface area contributed by atoms with Crippen molar-refractivity contribution in [3.63, 3.8) is 0 Å². The molecule has 1 rings (SSSR count). The van der Waals surface area contributed by atoms with Gasteiger partial charge in [-0.25, -0.2) is 0 Å². The van der Waals surface area contributed by atoms with Crippen LogP contribution in [0.3, 0.4) is 0 Å². The first-order valence-corrected chi connectivity index (χ1v) is 5.12. The van der Waals surface area contributed by atoms with Gasteiger partial charge in [-0.05, 0) is 14.0 Å². The molecule has 1 heterocycles. The molecule has 94 valence electrons. The Bertz CT molecular complexity index is 413. The van der Waals surface area contributed by atoms with Crippen LogP contribution in [0.2, 0.25) is 0 Å². The quantitative estimate of drug-likeness (QED) is 0.427. The molecule has 0 aromatic carbocycles. The number of ketones is 1. The molecule has 7 heteroatoms. The molecular formula is C10H15N3O4. The van der Waals surface area contributed by atoms with E-state index in [4.69, 9.17) is 5.11 Å². The normalized spacial score (nSPS) is 12.7. The minimum atomic E-state index is -0.563. The van der Waals surface area contributed by atoms with Gasteiger partial charge in [-0.3, -0.25) is 19.8 Å². The maximum atomic E-state index is 11.7. The van der Waals surface area contributed by atoms with Crippen LogP contribution in [0, 0.1) is 10.1 Å². The summed E-state index contributed by atoms with van der Waals surface area (Å²) < 4.78 is 0. The number of H-pyrrole nitrogens is 1. The molecule has 1 aromatic heterocycles. The van der Waals surface area contributed by atoms with Gasteiger partial charge >= 0.3 is 0 Å². The molecule has 0 saturated heterocycles. The van der Waals surface area contributed by atoms with Crippen molar-refractivity contribution in [1.29, 1.82) is 0 Å². The Kier molecular flexibility index (Phi) is 4.36. The summed E-state index contributed by atoms with van der Waals surface area (Å²) in [7, 11) is 1.70. The van der Waals surface area contributed by atoms with Crippen LogP contribution in [0.25, 0.3) is 0 Å². The first-order valence-electron chi connectivity index (χ1n) is 5.12. The lowest BCUT2D eigenvalue weighted by Crippen LogP contribution is -2.32. The van der Waals surface area contributed by atoms with Crippen molar-refractivity contribution in [2.45, 2.75) is 13.0 Å². The summed E-state index contributed by atoms with van der Waals surface area (Å²) in [5.41, 5.74) is 0.0701. The van der Waals surface area contributed by atoms with Gasteiger partial charge in [-0.2, -0.15) is 0 Å². The largest absolute Gasteiger partial charge is 0.392 e. The zero-order chi connectivity index (χ0) is 13.0. The van der Waals surface area contributed by atoms with E-state index in [2.05, 4.69) is 4.98 Å². The third-order valence-corrected chi connectivity index (χ3v) is 2.17. The number of Topliss-reactive ketones (excluding diaryl/α,β-unsaturated/α-hetero) is 1. The van der Waals surface area contributed by atoms with Gasteiger partial charge in [0.15, 0.2) is 5.78 Å². The number of aromatic amines is 1. The van der Waals surface area contributed by atoms with E-state index in [0.717, 1.165) is 0 Å². The van der Waals surface area contributed by atoms with Gasteiger partial charge in [0.25, 0.3) is 5.69 Å². The smallest absolute Gasteiger partial charge is 0.287 e. The molecule has 0 saturated carbocycles. The number of carbonyl (C=O) groups is 1. The number of aromatic nitrogens is 1. The summed E-state index contributed by atoms with van der Waals surface area (Å²) in [4.78, 5) is 25.8. The van der Waals surface area contributed by atoms with Crippen LogP contribution in [0.4, 0.5) is 5.69 Å². The first-order chi connectivity index (χ1) is 7.90. The number of likely N-dealkylation sites (N-methyl/N-ethyl adjacent to an activating group) is 1. The molecule has 2 N–H and O–H groups in total. The van der Waals surface area contributed by atoms with E-state index in [9.17, 15) is 14.9 Å². The second-order valence-electron chi connectivity index (χ2n) is 4.00. The lowest BCUT2D eigenvalue weighted by atomic mass is 10.2. The van der Waals surface area contributed by atoms with Crippen molar-refractivity contribution in [3.8, 4) is 0 Å². The van der Waals surface area contributed by atoms with E-state index in [-0.39, 0.29) is 23.7 Å². The fourth-order valence-electron chi connectivity index (χ4n) is 1.50. The van der Waals surface area contributed by atoms with Crippen LogP contribution in [0.1, 0.15) is 17.4 Å². The molecular weight excluding hydrogens is 226 g/mol. The van der Waals surface area contributed by atoms with Crippen molar-refractivity contribution < 1.29 is 14.8 Å². The van der Waals surface area contributed by atoms with Crippen LogP contribution < -0.4 is 0 Å². The molecule has 0 aliphatic rings. The van der Waals surface area contributed by atoms with Crippen LogP contribution in [0.5, 0.6) is 0 Å². The van der Waals surface area contributed by atoms with Crippen molar-refractivity contribution in [2.75, 3.05) is 20.1 Å². The molecule has 0 spiro atoms. The van der Waals surface area contributed by atoms with Crippen molar-refractivity contribution in [3.05, 3.63) is 28.1 Å². The van der Waals surface area contributed by atoms with Gasteiger partial charge in [-0.1, -0.05) is 0 Å². The second-order valence-corrected chi connectivity index (χ2v) is 4.00. The minimum Gasteiger partial charge on any atom is -0.392 e. The van der Waals surface area contributed by atoms with E-state index in [1.54, 1.807) is 18.9 Å². The third-order valence-electron chi connectivity index (χ3n) is 2.17. The van der Waals surface area contributed by atoms with E-state index < -0.39 is 11.0 Å². The lowest BCUT2D eigenvalue weighted by molar-refractivity contribution is -0.384. The average molecular weight is 241 g/mol. The Hall–Kier alpha value is -1.73. The highest BCUT2D eigenvalue weighted by molar-refractivity contribution is 5.96. The summed E-state index contributed by atoms with van der Waals surface area (Å²) in [6.07, 6.45) is 0.660. The number of nitrogens with one attached hydrogen (secondary N) is 1. The predicted molar refractivity (Wildman–Crippen MR) is 61.0 cm³/mol. The second kappa shape index (κ2) is 5.55. The first kappa shape index (κ1) is 13.3. The number of nitrogens with zero attached hydrogens (tertiary/aromatic N) is 2. The fourth-order valence-corrected chi connectivity index (χ4v) is 1.50. The molecule has 0 bridgehead atoms. The fraction of sp³-hybridized carbons (Fsp3) is 0.500. The number of carbonyl (C=O) groups excluding carboxylic acids is 1. The summed E-state index contributed by atoms with van der Waals surface area (Å²) >= 11 is 0. The minimum absolute atomic E-state index is 0.0998. The molecule has 1 unspecified atom stereocenters. The maximum Gasteiger partial charge on any atom is 0.287 e. The number of nitro groups is 1. The van der Waals surface area contributed by atoms with E-state index in [0.29, 0.717) is 6.54 Å². The number of hydrogen-bond acceptors (Lipinski definition) is 5. The standard InChI is InChI=1S/C10H15N3O4/c1-7(14)5-12(2)6-10(15)9-3-8(4-11-9)13(16)17/h3-4,7,11,14H,5-6H2,1-2H3. The monoisotopic (exact) mass is 241 g/mol. The van der Waals surface area contributed by atoms with Gasteiger partial charge in [0, 0.05) is 12.6 Å². The summed E-state index contributed by atoms with van der Waals surface area (Å²) in [6, 6.07) is 1.21. The molecule has 7 nitrogen and oxygen atoms in total. The number of aliphatic hydroxyl groups excluding tert-OH is 1. The SMILES string of the molecule is CC(O)CN(C)CC(=O)c1cc([N+](=O)[O-])c[nH]1. The van der Waals surface area contributed by atoms with E-state index in [1.165, 1.54) is 12.3 Å². The highest BCUT2D eigenvalue weighted by atomic mass is 16.6. The van der Waals surface area contributed by atoms with Crippen LogP contribution in [-0.2, 0) is 0 Å². The number of rotatable bonds is 6. The van der Waals surface area contributed by atoms with Gasteiger partial charge in [0.1, 0.15) is 0 Å². The maximum absolute atomic E-state index is 11.7. The van der Waals surface area contributed by atoms with Crippen molar-refractivity contribution in [2.24, 2.45) is 0 Å². The Balaban J connectivity index is 2.60. The highest BCUT2D eigenvalue weighted by Gasteiger charge is 2.16. The highest BCUT2D eigenvalue weighted by Crippen LogP contribution is 2.12. The Morgan fingerprint density at radius 2 is 2.35 bits per heavy atom. The van der Waals surface area contributed by atoms with Crippen LogP contribution >= 0.6 is 0 Å². The number of hydrogen-bond donors (Lipinski definition) is 2. The summed E-state index contributed by atoms with van der Waals surface area (Å²) in [6.45, 7) is 2.09. The zero-order valence-corrected chi connectivity index (χ0v) is 9.71. The summed E-state index contributed by atoms with van der Waals surface area (Å²) in [5, 5.41) is 19.6. The third kappa shape index (κ3) is 3.97. The molecule has 0 aliphatic carbocycles. The Morgan fingerprint density at radius 3 is 2.82 bits per heavy atom. The van der Waals surface area contributed by atoms with E-state index >= 15 is 0 Å². The average Bonchev–Trinajstić information content (AvgIpc) is 2.64. The molecule has 1 aromatic rings. The van der Waals surface area contributed by atoms with Crippen molar-refractivity contribution >= 4 is 11.5 Å². The van der Waals surface area contributed by atoms with Crippen LogP contribution in [-0.4, -0.2) is 51.9 Å². The van der Waals surface area contributed by atoms with Gasteiger partial charge in [-0.15, -0.1) is 0 Å². The van der Waals surface area contributed by atoms with E-state index in [1.807, 2.05) is 0 Å². The van der Waals surface area contributed by atoms with Crippen LogP contribution in [0.15, 0.2) is 12.3 Å². The molecule has 17 heavy (non-hydrogen) atoms. The summed E-state index contributed by atoms with van der Waals surface area (Å²) in [5.74, 6) is -0.249. The topological polar surface area (TPSA) is 99.5 Å². The van der Waals surface area contributed by atoms with Crippen molar-refractivity contribution in [1.82, 2.24) is 9.88 Å². The Labute approximate surface area is 98.2 Å². The molecule has 0 fully saturated rings. The molecule has 0 aliphatic heterocycles. The zero-order valence-electron chi connectivity index (χ0n) is 9.71. The lowest BCUT2D eigenvalue weighted by Gasteiger charge is -2.16. The Morgan fingerprint density at radius 1 is 1.71 bits per heavy atom. The number of aliphatic hydroxyl groups is 1.